The molecule has 124 valence electrons. The van der Waals surface area contributed by atoms with Crippen molar-refractivity contribution in [2.75, 3.05) is 18.5 Å². The second-order valence-corrected chi connectivity index (χ2v) is 7.22. The van der Waals surface area contributed by atoms with Crippen LogP contribution >= 0.6 is 11.3 Å². The van der Waals surface area contributed by atoms with Crippen LogP contribution in [0, 0.1) is 6.92 Å². The van der Waals surface area contributed by atoms with Gasteiger partial charge in [0.2, 0.25) is 5.91 Å². The average Bonchev–Trinajstić information content (AvgIpc) is 3.24. The number of hydrogen-bond donors (Lipinski definition) is 2. The number of carbonyl (C=O) groups is 1. The van der Waals surface area contributed by atoms with Crippen molar-refractivity contribution in [3.63, 3.8) is 0 Å². The van der Waals surface area contributed by atoms with E-state index in [1.165, 1.54) is 11.8 Å². The Bertz CT molecular complexity index is 909. The highest BCUT2D eigenvalue weighted by atomic mass is 32.1. The van der Waals surface area contributed by atoms with E-state index in [1.807, 2.05) is 12.3 Å². The van der Waals surface area contributed by atoms with E-state index >= 15 is 0 Å². The lowest BCUT2D eigenvalue weighted by Gasteiger charge is -2.04. The van der Waals surface area contributed by atoms with Crippen molar-refractivity contribution in [1.82, 2.24) is 15.0 Å². The fraction of sp³-hybridized carbons (Fsp3) is 0.353. The van der Waals surface area contributed by atoms with Gasteiger partial charge in [0.15, 0.2) is 0 Å². The van der Waals surface area contributed by atoms with Gasteiger partial charge in [-0.3, -0.25) is 4.79 Å². The van der Waals surface area contributed by atoms with Gasteiger partial charge >= 0.3 is 0 Å². The molecule has 1 fully saturated rings. The molecule has 0 aromatic carbocycles. The third kappa shape index (κ3) is 2.70. The second-order valence-electron chi connectivity index (χ2n) is 6.02. The maximum Gasteiger partial charge on any atom is 0.222 e. The Morgan fingerprint density at radius 1 is 1.50 bits per heavy atom. The van der Waals surface area contributed by atoms with Crippen LogP contribution in [0.4, 0.5) is 5.82 Å². The first-order valence-corrected chi connectivity index (χ1v) is 8.73. The number of aryl methyl sites for hydroxylation is 1. The van der Waals surface area contributed by atoms with Crippen LogP contribution in [0.25, 0.3) is 21.5 Å². The van der Waals surface area contributed by atoms with Gasteiger partial charge in [-0.05, 0) is 19.4 Å². The molecule has 3 aromatic rings. The number of H-pyrrole nitrogens is 1. The zero-order chi connectivity index (χ0) is 16.7. The molecule has 4 heterocycles. The molecular weight excluding hydrogens is 324 g/mol. The first kappa shape index (κ1) is 15.3. The predicted molar refractivity (Wildman–Crippen MR) is 94.4 cm³/mol. The van der Waals surface area contributed by atoms with Gasteiger partial charge in [-0.2, -0.15) is 0 Å². The number of hydrogen-bond acceptors (Lipinski definition) is 5. The van der Waals surface area contributed by atoms with Crippen molar-refractivity contribution in [3.05, 3.63) is 29.0 Å². The van der Waals surface area contributed by atoms with Crippen LogP contribution in [0.15, 0.2) is 18.5 Å². The van der Waals surface area contributed by atoms with Crippen LogP contribution in [-0.2, 0) is 9.53 Å². The van der Waals surface area contributed by atoms with E-state index in [0.29, 0.717) is 11.7 Å². The highest BCUT2D eigenvalue weighted by Gasteiger charge is 2.24. The molecule has 1 aliphatic rings. The Kier molecular flexibility index (Phi) is 3.82. The van der Waals surface area contributed by atoms with Gasteiger partial charge in [0.1, 0.15) is 10.8 Å². The SMILES string of the molecule is CC(=O)Nc1cc2c(-c3nc([C@H]4CCOC4)c(C)s3)c[nH]c2cn1. The molecule has 3 aromatic heterocycles. The van der Waals surface area contributed by atoms with E-state index in [-0.39, 0.29) is 5.91 Å². The third-order valence-corrected chi connectivity index (χ3v) is 5.27. The molecule has 6 nitrogen and oxygen atoms in total. The van der Waals surface area contributed by atoms with E-state index in [1.54, 1.807) is 17.5 Å². The Labute approximate surface area is 143 Å². The third-order valence-electron chi connectivity index (χ3n) is 4.25. The van der Waals surface area contributed by atoms with Gasteiger partial charge in [0, 0.05) is 41.5 Å². The second kappa shape index (κ2) is 5.99. The van der Waals surface area contributed by atoms with Gasteiger partial charge in [-0.1, -0.05) is 0 Å². The first-order valence-electron chi connectivity index (χ1n) is 7.92. The molecule has 0 saturated carbocycles. The molecule has 0 aliphatic carbocycles. The van der Waals surface area contributed by atoms with Gasteiger partial charge < -0.3 is 15.0 Å². The molecule has 1 amide bonds. The minimum absolute atomic E-state index is 0.132. The van der Waals surface area contributed by atoms with Crippen molar-refractivity contribution in [2.24, 2.45) is 0 Å². The summed E-state index contributed by atoms with van der Waals surface area (Å²) in [6.45, 7) is 5.17. The molecule has 0 bridgehead atoms. The molecule has 0 spiro atoms. The summed E-state index contributed by atoms with van der Waals surface area (Å²) in [6, 6.07) is 1.89. The van der Waals surface area contributed by atoms with E-state index in [4.69, 9.17) is 9.72 Å². The van der Waals surface area contributed by atoms with E-state index in [2.05, 4.69) is 22.2 Å². The van der Waals surface area contributed by atoms with Crippen molar-refractivity contribution < 1.29 is 9.53 Å². The minimum Gasteiger partial charge on any atom is -0.381 e. The number of carbonyl (C=O) groups excluding carboxylic acids is 1. The summed E-state index contributed by atoms with van der Waals surface area (Å²) >= 11 is 1.70. The predicted octanol–water partition coefficient (Wildman–Crippen LogP) is 3.46. The number of nitrogens with one attached hydrogen (secondary N) is 2. The van der Waals surface area contributed by atoms with Crippen molar-refractivity contribution >= 4 is 34.0 Å². The lowest BCUT2D eigenvalue weighted by molar-refractivity contribution is -0.114. The van der Waals surface area contributed by atoms with Crippen LogP contribution in [0.5, 0.6) is 0 Å². The van der Waals surface area contributed by atoms with Crippen LogP contribution in [-0.4, -0.2) is 34.1 Å². The number of fused-ring (bicyclic) bond motifs is 1. The highest BCUT2D eigenvalue weighted by molar-refractivity contribution is 7.15. The largest absolute Gasteiger partial charge is 0.381 e. The topological polar surface area (TPSA) is 79.9 Å². The molecule has 4 rings (SSSR count). The number of anilines is 1. The number of aromatic amines is 1. The Balaban J connectivity index is 1.75. The minimum atomic E-state index is -0.132. The van der Waals surface area contributed by atoms with E-state index in [9.17, 15) is 4.79 Å². The molecule has 1 saturated heterocycles. The smallest absolute Gasteiger partial charge is 0.222 e. The van der Waals surface area contributed by atoms with Crippen LogP contribution in [0.3, 0.4) is 0 Å². The zero-order valence-electron chi connectivity index (χ0n) is 13.5. The van der Waals surface area contributed by atoms with Gasteiger partial charge in [0.25, 0.3) is 0 Å². The normalized spacial score (nSPS) is 17.5. The summed E-state index contributed by atoms with van der Waals surface area (Å²) < 4.78 is 5.50. The summed E-state index contributed by atoms with van der Waals surface area (Å²) in [7, 11) is 0. The van der Waals surface area contributed by atoms with Gasteiger partial charge in [0.05, 0.1) is 24.0 Å². The van der Waals surface area contributed by atoms with Crippen LogP contribution < -0.4 is 5.32 Å². The molecule has 1 aliphatic heterocycles. The van der Waals surface area contributed by atoms with Gasteiger partial charge in [-0.25, -0.2) is 9.97 Å². The number of nitrogens with zero attached hydrogens (tertiary/aromatic N) is 2. The van der Waals surface area contributed by atoms with Gasteiger partial charge in [-0.15, -0.1) is 11.3 Å². The molecule has 2 N–H and O–H groups in total. The van der Waals surface area contributed by atoms with Crippen molar-refractivity contribution in [1.29, 1.82) is 0 Å². The lowest BCUT2D eigenvalue weighted by atomic mass is 10.0. The molecule has 1 atom stereocenters. The Morgan fingerprint density at radius 3 is 3.12 bits per heavy atom. The fourth-order valence-corrected chi connectivity index (χ4v) is 4.13. The average molecular weight is 342 g/mol. The number of thiazole rings is 1. The lowest BCUT2D eigenvalue weighted by Crippen LogP contribution is -2.06. The maximum atomic E-state index is 11.3. The van der Waals surface area contributed by atoms with Crippen LogP contribution in [0.2, 0.25) is 0 Å². The summed E-state index contributed by atoms with van der Waals surface area (Å²) in [5.74, 6) is 0.818. The van der Waals surface area contributed by atoms with E-state index < -0.39 is 0 Å². The van der Waals surface area contributed by atoms with E-state index in [0.717, 1.165) is 46.8 Å². The quantitative estimate of drug-likeness (QED) is 0.764. The number of amides is 1. The summed E-state index contributed by atoms with van der Waals surface area (Å²) in [6.07, 6.45) is 4.72. The fourth-order valence-electron chi connectivity index (χ4n) is 3.10. The number of rotatable bonds is 3. The monoisotopic (exact) mass is 342 g/mol. The molecular formula is C17H18N4O2S. The highest BCUT2D eigenvalue weighted by Crippen LogP contribution is 2.37. The van der Waals surface area contributed by atoms with Crippen molar-refractivity contribution in [2.45, 2.75) is 26.2 Å². The number of ether oxygens (including phenoxy) is 1. The van der Waals surface area contributed by atoms with Crippen LogP contribution in [0.1, 0.15) is 29.8 Å². The summed E-state index contributed by atoms with van der Waals surface area (Å²) in [4.78, 5) is 24.9. The van der Waals surface area contributed by atoms with Crippen molar-refractivity contribution in [3.8, 4) is 10.6 Å². The molecule has 0 unspecified atom stereocenters. The first-order chi connectivity index (χ1) is 11.6. The molecule has 24 heavy (non-hydrogen) atoms. The zero-order valence-corrected chi connectivity index (χ0v) is 14.4. The maximum absolute atomic E-state index is 11.3. The molecule has 0 radical (unpaired) electrons. The Hall–Kier alpha value is -2.25. The summed E-state index contributed by atoms with van der Waals surface area (Å²) in [5.41, 5.74) is 3.12. The number of aromatic nitrogens is 3. The Morgan fingerprint density at radius 2 is 2.38 bits per heavy atom. The summed E-state index contributed by atoms with van der Waals surface area (Å²) in [5, 5.41) is 4.73. The molecule has 7 heteroatoms. The standard InChI is InChI=1S/C17H18N4O2S/c1-9-16(11-3-4-23-8-11)21-17(24-9)13-6-18-14-7-19-15(5-12(13)14)20-10(2)22/h5-7,11,18H,3-4,8H2,1-2H3,(H,19,20,22)/t11-/m0/s1. The number of pyridine rings is 1.